The van der Waals surface area contributed by atoms with E-state index in [-0.39, 0.29) is 19.1 Å². The number of aliphatic hydroxyl groups excluding tert-OH is 1. The van der Waals surface area contributed by atoms with E-state index in [2.05, 4.69) is 79.9 Å². The third-order valence-electron chi connectivity index (χ3n) is 12.0. The molecule has 0 saturated carbocycles. The lowest BCUT2D eigenvalue weighted by molar-refractivity contribution is -0.870. The van der Waals surface area contributed by atoms with E-state index in [1.165, 1.54) is 135 Å². The number of aliphatic hydroxyl groups is 1. The van der Waals surface area contributed by atoms with Crippen LogP contribution >= 0.6 is 7.82 Å². The average Bonchev–Trinajstić information content (AvgIpc) is 3.26. The number of phosphoric ester groups is 1. The number of hydrogen-bond acceptors (Lipinski definition) is 5. The van der Waals surface area contributed by atoms with Crippen molar-refractivity contribution in [1.29, 1.82) is 0 Å². The zero-order chi connectivity index (χ0) is 47.8. The summed E-state index contributed by atoms with van der Waals surface area (Å²) in [5.41, 5.74) is 0. The van der Waals surface area contributed by atoms with E-state index in [9.17, 15) is 19.4 Å². The molecule has 0 aromatic carbocycles. The molecule has 0 aromatic rings. The third-order valence-corrected chi connectivity index (χ3v) is 13.0. The number of nitrogens with one attached hydrogen (secondary N) is 1. The first-order valence-electron chi connectivity index (χ1n) is 27.2. The SMILES string of the molecule is CC/C=C\C/C=C\C/C=C\C/C=C\C/C=C\CCCCCC(=O)NC(COP(=O)(O)OCC[N+](C)(C)C)C(O)CCCCCCCCCCCCCCCCCCCCCCCCCC. The predicted octanol–water partition coefficient (Wildman–Crippen LogP) is 16.1. The maximum absolute atomic E-state index is 13.0. The zero-order valence-electron chi connectivity index (χ0n) is 43.2. The van der Waals surface area contributed by atoms with Crippen LogP contribution in [-0.2, 0) is 18.4 Å². The second kappa shape index (κ2) is 47.3. The Morgan fingerprint density at radius 3 is 1.34 bits per heavy atom. The number of quaternary nitrogens is 1. The molecule has 0 aliphatic heterocycles. The number of unbranched alkanes of at least 4 members (excludes halogenated alkanes) is 26. The summed E-state index contributed by atoms with van der Waals surface area (Å²) in [4.78, 5) is 23.3. The van der Waals surface area contributed by atoms with Crippen LogP contribution in [0.4, 0.5) is 0 Å². The molecule has 0 aliphatic carbocycles. The van der Waals surface area contributed by atoms with Crippen LogP contribution in [0.3, 0.4) is 0 Å². The number of amides is 1. The van der Waals surface area contributed by atoms with Crippen molar-refractivity contribution in [3.8, 4) is 0 Å². The van der Waals surface area contributed by atoms with E-state index in [1.54, 1.807) is 0 Å². The molecule has 3 N–H and O–H groups in total. The summed E-state index contributed by atoms with van der Waals surface area (Å²) in [5.74, 6) is -0.175. The summed E-state index contributed by atoms with van der Waals surface area (Å²) < 4.78 is 23.7. The summed E-state index contributed by atoms with van der Waals surface area (Å²) in [5, 5.41) is 14.0. The van der Waals surface area contributed by atoms with Crippen LogP contribution in [0.15, 0.2) is 60.8 Å². The van der Waals surface area contributed by atoms with Crippen molar-refractivity contribution in [2.24, 2.45) is 0 Å². The predicted molar refractivity (Wildman–Crippen MR) is 281 cm³/mol. The van der Waals surface area contributed by atoms with Gasteiger partial charge in [0.1, 0.15) is 13.2 Å². The largest absolute Gasteiger partial charge is 0.472 e. The molecule has 0 aromatic heterocycles. The maximum atomic E-state index is 13.0. The Morgan fingerprint density at radius 1 is 0.538 bits per heavy atom. The normalized spacial score (nSPS) is 14.5. The van der Waals surface area contributed by atoms with Crippen LogP contribution < -0.4 is 5.32 Å². The number of allylic oxidation sites excluding steroid dienone is 10. The van der Waals surface area contributed by atoms with Crippen molar-refractivity contribution >= 4 is 13.7 Å². The van der Waals surface area contributed by atoms with Gasteiger partial charge in [0.15, 0.2) is 0 Å². The Balaban J connectivity index is 4.26. The fourth-order valence-corrected chi connectivity index (χ4v) is 8.52. The van der Waals surface area contributed by atoms with E-state index in [0.29, 0.717) is 23.9 Å². The van der Waals surface area contributed by atoms with Crippen molar-refractivity contribution in [2.75, 3.05) is 40.9 Å². The molecule has 0 rings (SSSR count). The topological polar surface area (TPSA) is 105 Å². The van der Waals surface area contributed by atoms with Crippen LogP contribution in [0.1, 0.15) is 239 Å². The average molecular weight is 934 g/mol. The van der Waals surface area contributed by atoms with E-state index in [0.717, 1.165) is 77.0 Å². The molecule has 9 heteroatoms. The molecule has 0 bridgehead atoms. The summed E-state index contributed by atoms with van der Waals surface area (Å²) in [6.07, 6.45) is 62.7. The molecule has 0 saturated heterocycles. The molecule has 0 fully saturated rings. The molecule has 8 nitrogen and oxygen atoms in total. The zero-order valence-corrected chi connectivity index (χ0v) is 44.1. The van der Waals surface area contributed by atoms with Gasteiger partial charge in [-0.3, -0.25) is 13.8 Å². The lowest BCUT2D eigenvalue weighted by atomic mass is 10.0. The van der Waals surface area contributed by atoms with Gasteiger partial charge in [0, 0.05) is 6.42 Å². The standard InChI is InChI=1S/C56H105N2O6P/c1-6-8-10-12-14-16-18-20-22-24-26-27-28-29-30-32-33-35-37-39-41-43-45-47-49-55(59)54(53-64-65(61,62)63-52-51-58(3,4)5)57-56(60)50-48-46-44-42-40-38-36-34-31-25-23-21-19-17-15-13-11-9-7-2/h9,11,15,17,21,23,31,34,38,40,54-55,59H,6-8,10,12-14,16,18-20,22,24-30,32-33,35-37,39,41-53H2,1-5H3,(H-,57,60,61,62)/p+1/b11-9-,17-15-,23-21-,34-31-,40-38-. The first kappa shape index (κ1) is 63.2. The minimum absolute atomic E-state index is 0.0655. The Labute approximate surface area is 402 Å². The molecule has 0 heterocycles. The second-order valence-corrected chi connectivity index (χ2v) is 21.0. The molecule has 0 spiro atoms. The van der Waals surface area contributed by atoms with Crippen LogP contribution in [0, 0.1) is 0 Å². The van der Waals surface area contributed by atoms with Gasteiger partial charge in [0.25, 0.3) is 0 Å². The van der Waals surface area contributed by atoms with Gasteiger partial charge in [-0.25, -0.2) is 4.57 Å². The van der Waals surface area contributed by atoms with Gasteiger partial charge in [-0.2, -0.15) is 0 Å². The third kappa shape index (κ3) is 49.9. The number of phosphoric acid groups is 1. The molecule has 1 amide bonds. The summed E-state index contributed by atoms with van der Waals surface area (Å²) >= 11 is 0. The minimum atomic E-state index is -4.33. The number of hydrogen-bond donors (Lipinski definition) is 3. The van der Waals surface area contributed by atoms with E-state index in [4.69, 9.17) is 9.05 Å². The first-order chi connectivity index (χ1) is 31.5. The second-order valence-electron chi connectivity index (χ2n) is 19.6. The molecule has 380 valence electrons. The first-order valence-corrected chi connectivity index (χ1v) is 28.6. The quantitative estimate of drug-likeness (QED) is 0.0243. The number of likely N-dealkylation sites (N-methyl/N-ethyl adjacent to an activating group) is 1. The summed E-state index contributed by atoms with van der Waals surface area (Å²) in [7, 11) is 1.59. The molecule has 0 radical (unpaired) electrons. The van der Waals surface area contributed by atoms with E-state index in [1.807, 2.05) is 21.1 Å². The van der Waals surface area contributed by atoms with Crippen molar-refractivity contribution in [3.05, 3.63) is 60.8 Å². The smallest absolute Gasteiger partial charge is 0.391 e. The van der Waals surface area contributed by atoms with Crippen LogP contribution in [0.25, 0.3) is 0 Å². The van der Waals surface area contributed by atoms with Crippen LogP contribution in [0.2, 0.25) is 0 Å². The Bertz CT molecular complexity index is 1240. The fourth-order valence-electron chi connectivity index (χ4n) is 7.78. The Kier molecular flexibility index (Phi) is 46.0. The molecule has 3 unspecified atom stereocenters. The molecular weight excluding hydrogens is 828 g/mol. The Hall–Kier alpha value is -1.80. The number of carbonyl (C=O) groups excluding carboxylic acids is 1. The maximum Gasteiger partial charge on any atom is 0.472 e. The van der Waals surface area contributed by atoms with Gasteiger partial charge in [-0.05, 0) is 57.8 Å². The van der Waals surface area contributed by atoms with Crippen molar-refractivity contribution < 1.29 is 32.9 Å². The highest BCUT2D eigenvalue weighted by Crippen LogP contribution is 2.43. The lowest BCUT2D eigenvalue weighted by Gasteiger charge is -2.26. The van der Waals surface area contributed by atoms with Crippen molar-refractivity contribution in [1.82, 2.24) is 5.32 Å². The van der Waals surface area contributed by atoms with Gasteiger partial charge in [0.2, 0.25) is 5.91 Å². The Morgan fingerprint density at radius 2 is 0.923 bits per heavy atom. The van der Waals surface area contributed by atoms with Gasteiger partial charge in [0.05, 0.1) is 39.9 Å². The van der Waals surface area contributed by atoms with Crippen molar-refractivity contribution in [3.63, 3.8) is 0 Å². The summed E-state index contributed by atoms with van der Waals surface area (Å²) in [6, 6.07) is -0.782. The van der Waals surface area contributed by atoms with E-state index >= 15 is 0 Å². The molecule has 65 heavy (non-hydrogen) atoms. The molecule has 3 atom stereocenters. The number of nitrogens with zero attached hydrogens (tertiary/aromatic N) is 1. The van der Waals surface area contributed by atoms with E-state index < -0.39 is 20.0 Å². The van der Waals surface area contributed by atoms with Crippen molar-refractivity contribution in [2.45, 2.75) is 251 Å². The van der Waals surface area contributed by atoms with Gasteiger partial charge < -0.3 is 19.8 Å². The van der Waals surface area contributed by atoms with Gasteiger partial charge in [-0.1, -0.05) is 235 Å². The van der Waals surface area contributed by atoms with Gasteiger partial charge >= 0.3 is 7.82 Å². The number of carbonyl (C=O) groups is 1. The van der Waals surface area contributed by atoms with Gasteiger partial charge in [-0.15, -0.1) is 0 Å². The van der Waals surface area contributed by atoms with Crippen LogP contribution in [0.5, 0.6) is 0 Å². The molecular formula is C56H106N2O6P+. The highest BCUT2D eigenvalue weighted by molar-refractivity contribution is 7.47. The molecule has 0 aliphatic rings. The monoisotopic (exact) mass is 934 g/mol. The summed E-state index contributed by atoms with van der Waals surface area (Å²) in [6.45, 7) is 4.76. The number of rotatable bonds is 49. The highest BCUT2D eigenvalue weighted by atomic mass is 31.2. The fraction of sp³-hybridized carbons (Fsp3) is 0.804. The lowest BCUT2D eigenvalue weighted by Crippen LogP contribution is -2.46. The highest BCUT2D eigenvalue weighted by Gasteiger charge is 2.28. The van der Waals surface area contributed by atoms with Crippen LogP contribution in [-0.4, -0.2) is 73.4 Å². The minimum Gasteiger partial charge on any atom is -0.391 e.